The second-order valence-corrected chi connectivity index (χ2v) is 8.30. The number of hydrogen-bond acceptors (Lipinski definition) is 4. The van der Waals surface area contributed by atoms with Crippen molar-refractivity contribution < 1.29 is 17.9 Å². The van der Waals surface area contributed by atoms with Gasteiger partial charge in [-0.25, -0.2) is 13.1 Å². The summed E-state index contributed by atoms with van der Waals surface area (Å²) in [5.74, 6) is 1.27. The summed E-state index contributed by atoms with van der Waals surface area (Å²) in [7, 11) is -3.46. The Bertz CT molecular complexity index is 838. The lowest BCUT2D eigenvalue weighted by Gasteiger charge is -2.21. The molecule has 0 aromatic heterocycles. The van der Waals surface area contributed by atoms with Gasteiger partial charge in [-0.3, -0.25) is 0 Å². The molecule has 2 aromatic carbocycles. The molecule has 1 aliphatic rings. The number of hydrogen-bond donors (Lipinski definition) is 1. The summed E-state index contributed by atoms with van der Waals surface area (Å²) in [5, 5.41) is 0. The minimum absolute atomic E-state index is 0.0681. The summed E-state index contributed by atoms with van der Waals surface area (Å²) in [6.45, 7) is 2.84. The molecule has 0 amide bonds. The van der Waals surface area contributed by atoms with Crippen molar-refractivity contribution in [1.82, 2.24) is 4.72 Å². The summed E-state index contributed by atoms with van der Waals surface area (Å²) in [5.41, 5.74) is 1.56. The molecule has 5 nitrogen and oxygen atoms in total. The Hall–Kier alpha value is -1.57. The van der Waals surface area contributed by atoms with E-state index in [9.17, 15) is 8.42 Å². The molecular weight excluding hydrogens is 394 g/mol. The van der Waals surface area contributed by atoms with Crippen LogP contribution in [-0.2, 0) is 15.8 Å². The molecule has 0 unspecified atom stereocenters. The maximum absolute atomic E-state index is 12.4. The molecule has 3 rings (SSSR count). The van der Waals surface area contributed by atoms with Crippen molar-refractivity contribution in [2.75, 3.05) is 13.2 Å². The Morgan fingerprint density at radius 2 is 1.88 bits per heavy atom. The summed E-state index contributed by atoms with van der Waals surface area (Å²) >= 11 is 3.35. The first-order valence-corrected chi connectivity index (χ1v) is 10.0. The molecule has 0 radical (unpaired) electrons. The van der Waals surface area contributed by atoms with Crippen LogP contribution in [-0.4, -0.2) is 21.6 Å². The van der Waals surface area contributed by atoms with Gasteiger partial charge in [0.25, 0.3) is 0 Å². The molecule has 0 saturated carbocycles. The highest BCUT2D eigenvalue weighted by Gasteiger charge is 2.19. The van der Waals surface area contributed by atoms with E-state index in [2.05, 4.69) is 20.7 Å². The average molecular weight is 412 g/mol. The number of benzene rings is 2. The molecule has 2 aromatic rings. The Kier molecular flexibility index (Phi) is 5.12. The molecule has 0 spiro atoms. The van der Waals surface area contributed by atoms with Crippen LogP contribution in [0.3, 0.4) is 0 Å². The van der Waals surface area contributed by atoms with E-state index in [1.165, 1.54) is 0 Å². The number of halogens is 1. The standard InChI is InChI=1S/C17H18BrNO4S/c1-12(14-5-6-16-17(10-14)23-8-7-22-16)19-24(20,21)11-13-3-2-4-15(18)9-13/h2-6,9-10,12,19H,7-8,11H2,1H3/t12-/m0/s1. The van der Waals surface area contributed by atoms with Crippen LogP contribution >= 0.6 is 15.9 Å². The van der Waals surface area contributed by atoms with Crippen molar-refractivity contribution >= 4 is 26.0 Å². The van der Waals surface area contributed by atoms with E-state index in [1.807, 2.05) is 37.3 Å². The van der Waals surface area contributed by atoms with Crippen LogP contribution in [0.15, 0.2) is 46.9 Å². The molecule has 7 heteroatoms. The van der Waals surface area contributed by atoms with Gasteiger partial charge in [-0.2, -0.15) is 0 Å². The largest absolute Gasteiger partial charge is 0.486 e. The second kappa shape index (κ2) is 7.13. The highest BCUT2D eigenvalue weighted by atomic mass is 79.9. The van der Waals surface area contributed by atoms with E-state index in [4.69, 9.17) is 9.47 Å². The lowest BCUT2D eigenvalue weighted by molar-refractivity contribution is 0.171. The van der Waals surface area contributed by atoms with Crippen LogP contribution < -0.4 is 14.2 Å². The molecule has 24 heavy (non-hydrogen) atoms. The smallest absolute Gasteiger partial charge is 0.216 e. The van der Waals surface area contributed by atoms with Crippen molar-refractivity contribution in [3.05, 3.63) is 58.1 Å². The van der Waals surface area contributed by atoms with Crippen molar-refractivity contribution in [2.24, 2.45) is 0 Å². The fraction of sp³-hybridized carbons (Fsp3) is 0.294. The fourth-order valence-corrected chi connectivity index (χ4v) is 4.38. The summed E-state index contributed by atoms with van der Waals surface area (Å²) in [4.78, 5) is 0. The molecule has 0 fully saturated rings. The molecule has 1 heterocycles. The number of ether oxygens (including phenoxy) is 2. The van der Waals surface area contributed by atoms with Crippen LogP contribution in [0.1, 0.15) is 24.1 Å². The fourth-order valence-electron chi connectivity index (χ4n) is 2.55. The quantitative estimate of drug-likeness (QED) is 0.818. The van der Waals surface area contributed by atoms with Crippen molar-refractivity contribution in [3.63, 3.8) is 0 Å². The average Bonchev–Trinajstić information content (AvgIpc) is 2.53. The van der Waals surface area contributed by atoms with E-state index in [-0.39, 0.29) is 11.8 Å². The van der Waals surface area contributed by atoms with Gasteiger partial charge in [0.15, 0.2) is 11.5 Å². The van der Waals surface area contributed by atoms with Crippen molar-refractivity contribution in [3.8, 4) is 11.5 Å². The minimum Gasteiger partial charge on any atom is -0.486 e. The molecule has 0 saturated heterocycles. The lowest BCUT2D eigenvalue weighted by atomic mass is 10.1. The maximum atomic E-state index is 12.4. The van der Waals surface area contributed by atoms with Gasteiger partial charge in [0.05, 0.1) is 5.75 Å². The Morgan fingerprint density at radius 1 is 1.12 bits per heavy atom. The highest BCUT2D eigenvalue weighted by Crippen LogP contribution is 2.32. The van der Waals surface area contributed by atoms with Crippen LogP contribution in [0.25, 0.3) is 0 Å². The summed E-state index contributed by atoms with van der Waals surface area (Å²) in [6.07, 6.45) is 0. The predicted octanol–water partition coefficient (Wildman–Crippen LogP) is 3.40. The number of rotatable bonds is 5. The van der Waals surface area contributed by atoms with Gasteiger partial charge in [0.1, 0.15) is 13.2 Å². The first-order valence-electron chi connectivity index (χ1n) is 7.57. The monoisotopic (exact) mass is 411 g/mol. The molecule has 1 N–H and O–H groups in total. The first-order chi connectivity index (χ1) is 11.4. The normalized spacial score (nSPS) is 15.1. The zero-order valence-electron chi connectivity index (χ0n) is 13.2. The third-order valence-corrected chi connectivity index (χ3v) is 5.59. The zero-order chi connectivity index (χ0) is 17.2. The van der Waals surface area contributed by atoms with E-state index < -0.39 is 10.0 Å². The topological polar surface area (TPSA) is 64.6 Å². The molecule has 128 valence electrons. The van der Waals surface area contributed by atoms with E-state index in [1.54, 1.807) is 12.1 Å². The van der Waals surface area contributed by atoms with Crippen LogP contribution in [0, 0.1) is 0 Å². The third-order valence-electron chi connectivity index (χ3n) is 3.67. The van der Waals surface area contributed by atoms with Crippen LogP contribution in [0.5, 0.6) is 11.5 Å². The number of fused-ring (bicyclic) bond motifs is 1. The van der Waals surface area contributed by atoms with Crippen LogP contribution in [0.2, 0.25) is 0 Å². The van der Waals surface area contributed by atoms with Crippen molar-refractivity contribution in [2.45, 2.75) is 18.7 Å². The van der Waals surface area contributed by atoms with Gasteiger partial charge < -0.3 is 9.47 Å². The minimum atomic E-state index is -3.46. The second-order valence-electron chi connectivity index (χ2n) is 5.63. The van der Waals surface area contributed by atoms with Gasteiger partial charge in [-0.15, -0.1) is 0 Å². The first kappa shape index (κ1) is 17.3. The zero-order valence-corrected chi connectivity index (χ0v) is 15.6. The molecule has 0 bridgehead atoms. The summed E-state index contributed by atoms with van der Waals surface area (Å²) in [6, 6.07) is 12.4. The van der Waals surface area contributed by atoms with Gasteiger partial charge in [0, 0.05) is 10.5 Å². The predicted molar refractivity (Wildman–Crippen MR) is 95.7 cm³/mol. The lowest BCUT2D eigenvalue weighted by Crippen LogP contribution is -2.28. The van der Waals surface area contributed by atoms with Crippen molar-refractivity contribution in [1.29, 1.82) is 0 Å². The van der Waals surface area contributed by atoms with Gasteiger partial charge in [-0.1, -0.05) is 34.1 Å². The number of sulfonamides is 1. The SMILES string of the molecule is C[C@H](NS(=O)(=O)Cc1cccc(Br)c1)c1ccc2c(c1)OCCO2. The third kappa shape index (κ3) is 4.28. The van der Waals surface area contributed by atoms with Gasteiger partial charge in [-0.05, 0) is 42.3 Å². The molecule has 0 aliphatic carbocycles. The maximum Gasteiger partial charge on any atom is 0.216 e. The van der Waals surface area contributed by atoms with Gasteiger partial charge >= 0.3 is 0 Å². The molecule has 1 aliphatic heterocycles. The number of nitrogens with one attached hydrogen (secondary N) is 1. The highest BCUT2D eigenvalue weighted by molar-refractivity contribution is 9.10. The Balaban J connectivity index is 1.72. The Labute approximate surface area is 150 Å². The van der Waals surface area contributed by atoms with E-state index in [0.717, 1.165) is 15.6 Å². The summed E-state index contributed by atoms with van der Waals surface area (Å²) < 4.78 is 39.4. The van der Waals surface area contributed by atoms with E-state index in [0.29, 0.717) is 24.7 Å². The van der Waals surface area contributed by atoms with E-state index >= 15 is 0 Å². The van der Waals surface area contributed by atoms with Gasteiger partial charge in [0.2, 0.25) is 10.0 Å². The molecule has 1 atom stereocenters. The van der Waals surface area contributed by atoms with Crippen LogP contribution in [0.4, 0.5) is 0 Å². The Morgan fingerprint density at radius 3 is 2.62 bits per heavy atom. The molecular formula is C17H18BrNO4S.